The Bertz CT molecular complexity index is 2960. The predicted molar refractivity (Wildman–Crippen MR) is 216 cm³/mol. The summed E-state index contributed by atoms with van der Waals surface area (Å²) in [4.78, 5) is 14.2. The van der Waals surface area contributed by atoms with Gasteiger partial charge in [-0.3, -0.25) is 0 Å². The summed E-state index contributed by atoms with van der Waals surface area (Å²) in [6.45, 7) is 0. The Balaban J connectivity index is 1.48. The van der Waals surface area contributed by atoms with Crippen LogP contribution in [0.2, 0.25) is 0 Å². The molecule has 0 fully saturated rings. The summed E-state index contributed by atoms with van der Waals surface area (Å²) in [6.07, 6.45) is -14.7. The zero-order chi connectivity index (χ0) is 42.7. The Morgan fingerprint density at radius 3 is 1.26 bits per heavy atom. The van der Waals surface area contributed by atoms with E-state index in [4.69, 9.17) is 15.0 Å². The fraction of sp³-hybridized carbons (Fsp3) is 0.0625. The Hall–Kier alpha value is -7.28. The van der Waals surface area contributed by atoms with E-state index in [0.717, 1.165) is 24.3 Å². The molecule has 61 heavy (non-hydrogen) atoms. The lowest BCUT2D eigenvalue weighted by Gasteiger charge is -2.24. The second-order valence-corrected chi connectivity index (χ2v) is 14.1. The van der Waals surface area contributed by atoms with Gasteiger partial charge < -0.3 is 4.57 Å². The van der Waals surface area contributed by atoms with Crippen molar-refractivity contribution < 1.29 is 39.5 Å². The van der Waals surface area contributed by atoms with Gasteiger partial charge in [-0.1, -0.05) is 115 Å². The number of rotatable bonds is 6. The first kappa shape index (κ1) is 39.2. The van der Waals surface area contributed by atoms with Crippen LogP contribution in [0.5, 0.6) is 0 Å². The molecule has 0 unspecified atom stereocenters. The predicted octanol–water partition coefficient (Wildman–Crippen LogP) is 14.4. The van der Waals surface area contributed by atoms with Crippen molar-refractivity contribution in [2.24, 2.45) is 0 Å². The van der Waals surface area contributed by atoms with Crippen molar-refractivity contribution in [2.45, 2.75) is 18.5 Å². The van der Waals surface area contributed by atoms with Crippen LogP contribution in [0.15, 0.2) is 164 Å². The maximum Gasteiger partial charge on any atom is 0.417 e. The average Bonchev–Trinajstić information content (AvgIpc) is 3.59. The highest BCUT2D eigenvalue weighted by atomic mass is 19.4. The lowest BCUT2D eigenvalue weighted by Crippen LogP contribution is -2.11. The van der Waals surface area contributed by atoms with E-state index in [1.807, 2.05) is 0 Å². The van der Waals surface area contributed by atoms with Gasteiger partial charge in [0.2, 0.25) is 0 Å². The maximum absolute atomic E-state index is 15.1. The molecule has 0 atom stereocenters. The highest BCUT2D eigenvalue weighted by molar-refractivity contribution is 6.11. The van der Waals surface area contributed by atoms with Crippen LogP contribution in [0.3, 0.4) is 0 Å². The molecule has 0 saturated carbocycles. The summed E-state index contributed by atoms with van der Waals surface area (Å²) in [7, 11) is 0. The molecule has 2 aromatic heterocycles. The molecule has 4 nitrogen and oxygen atoms in total. The number of halogens is 9. The molecule has 9 rings (SSSR count). The topological polar surface area (TPSA) is 43.6 Å². The van der Waals surface area contributed by atoms with Gasteiger partial charge in [-0.15, -0.1) is 0 Å². The van der Waals surface area contributed by atoms with E-state index >= 15 is 26.3 Å². The molecule has 0 aliphatic carbocycles. The molecule has 0 radical (unpaired) electrons. The Labute approximate surface area is 341 Å². The Kier molecular flexibility index (Phi) is 9.49. The van der Waals surface area contributed by atoms with Crippen molar-refractivity contribution in [2.75, 3.05) is 0 Å². The van der Waals surface area contributed by atoms with Crippen LogP contribution < -0.4 is 0 Å². The largest absolute Gasteiger partial charge is 0.417 e. The molecule has 0 aliphatic rings. The number of hydrogen-bond acceptors (Lipinski definition) is 3. The summed E-state index contributed by atoms with van der Waals surface area (Å²) >= 11 is 0. The second kappa shape index (κ2) is 14.8. The minimum atomic E-state index is -4.95. The van der Waals surface area contributed by atoms with E-state index in [1.54, 1.807) is 84.9 Å². The van der Waals surface area contributed by atoms with E-state index in [0.29, 0.717) is 11.1 Å². The molecule has 0 bridgehead atoms. The van der Waals surface area contributed by atoms with E-state index in [-0.39, 0.29) is 61.7 Å². The monoisotopic (exact) mass is 830 g/mol. The van der Waals surface area contributed by atoms with Crippen molar-refractivity contribution in [1.29, 1.82) is 0 Å². The first-order chi connectivity index (χ1) is 29.2. The van der Waals surface area contributed by atoms with Crippen molar-refractivity contribution in [3.8, 4) is 62.1 Å². The highest BCUT2D eigenvalue weighted by Gasteiger charge is 2.38. The van der Waals surface area contributed by atoms with Crippen LogP contribution in [-0.2, 0) is 18.5 Å². The van der Waals surface area contributed by atoms with Crippen molar-refractivity contribution in [1.82, 2.24) is 19.5 Å². The molecule has 0 saturated heterocycles. The van der Waals surface area contributed by atoms with E-state index in [2.05, 4.69) is 0 Å². The van der Waals surface area contributed by atoms with Gasteiger partial charge in [0, 0.05) is 38.6 Å². The minimum absolute atomic E-state index is 0.0413. The van der Waals surface area contributed by atoms with Crippen molar-refractivity contribution in [3.05, 3.63) is 180 Å². The molecule has 2 heterocycles. The molecule has 0 N–H and O–H groups in total. The summed E-state index contributed by atoms with van der Waals surface area (Å²) in [6, 6.07) is 38.9. The lowest BCUT2D eigenvalue weighted by atomic mass is 9.88. The fourth-order valence-corrected chi connectivity index (χ4v) is 7.67. The number of aromatic nitrogens is 4. The van der Waals surface area contributed by atoms with Crippen molar-refractivity contribution in [3.63, 3.8) is 0 Å². The van der Waals surface area contributed by atoms with E-state index < -0.39 is 46.3 Å². The smallest absolute Gasteiger partial charge is 0.308 e. The zero-order valence-electron chi connectivity index (χ0n) is 31.3. The number of alkyl halides is 9. The normalized spacial score (nSPS) is 12.3. The quantitative estimate of drug-likeness (QED) is 0.157. The molecule has 13 heteroatoms. The lowest BCUT2D eigenvalue weighted by molar-refractivity contribution is -0.138. The molecular formula is C48H27F9N4. The third kappa shape index (κ3) is 7.26. The van der Waals surface area contributed by atoms with Crippen LogP contribution in [0.4, 0.5) is 39.5 Å². The van der Waals surface area contributed by atoms with Gasteiger partial charge >= 0.3 is 18.5 Å². The summed E-state index contributed by atoms with van der Waals surface area (Å²) in [5.41, 5.74) is -3.02. The van der Waals surface area contributed by atoms with Crippen LogP contribution in [-0.4, -0.2) is 19.5 Å². The van der Waals surface area contributed by atoms with Crippen molar-refractivity contribution >= 4 is 21.8 Å². The Morgan fingerprint density at radius 2 is 0.770 bits per heavy atom. The number of benzene rings is 7. The summed E-state index contributed by atoms with van der Waals surface area (Å²) in [5.74, 6) is 0.310. The van der Waals surface area contributed by atoms with Gasteiger partial charge in [-0.05, 0) is 59.7 Å². The SMILES string of the molecule is FC(F)(F)c1ccc2c(c1)c1ccccc1n2-c1c(-c2ccccc2C(F)(F)F)cc(-c2nc(-c3ccccc3)nc(-c3ccccc3)n2)cc1-c1ccccc1C(F)(F)F. The number of fused-ring (bicyclic) bond motifs is 3. The number of para-hydroxylation sites is 1. The summed E-state index contributed by atoms with van der Waals surface area (Å²) in [5, 5.41) is 0.368. The van der Waals surface area contributed by atoms with Crippen LogP contribution in [0.1, 0.15) is 16.7 Å². The van der Waals surface area contributed by atoms with Gasteiger partial charge in [0.15, 0.2) is 17.5 Å². The van der Waals surface area contributed by atoms with Gasteiger partial charge in [0.25, 0.3) is 0 Å². The number of hydrogen-bond donors (Lipinski definition) is 0. The minimum Gasteiger partial charge on any atom is -0.308 e. The van der Waals surface area contributed by atoms with E-state index in [1.165, 1.54) is 59.2 Å². The molecule has 302 valence electrons. The second-order valence-electron chi connectivity index (χ2n) is 14.1. The molecular weight excluding hydrogens is 804 g/mol. The van der Waals surface area contributed by atoms with Crippen LogP contribution in [0, 0.1) is 0 Å². The third-order valence-electron chi connectivity index (χ3n) is 10.3. The first-order valence-electron chi connectivity index (χ1n) is 18.7. The Morgan fingerprint density at radius 1 is 0.344 bits per heavy atom. The third-order valence-corrected chi connectivity index (χ3v) is 10.3. The highest BCUT2D eigenvalue weighted by Crippen LogP contribution is 2.49. The van der Waals surface area contributed by atoms with Gasteiger partial charge in [0.1, 0.15) is 0 Å². The maximum atomic E-state index is 15.1. The molecule has 0 amide bonds. The number of nitrogens with zero attached hydrogens (tertiary/aromatic N) is 4. The fourth-order valence-electron chi connectivity index (χ4n) is 7.67. The van der Waals surface area contributed by atoms with Gasteiger partial charge in [-0.25, -0.2) is 15.0 Å². The van der Waals surface area contributed by atoms with E-state index in [9.17, 15) is 13.2 Å². The van der Waals surface area contributed by atoms with Gasteiger partial charge in [-0.2, -0.15) is 39.5 Å². The standard InChI is InChI=1S/C48H27F9N4/c49-46(50,51)31-23-24-41-35(27-31)34-19-9-12-22-40(34)61(41)42-36(32-17-7-10-20-38(32)47(52,53)54)25-30(26-37(42)33-18-8-11-21-39(33)48(55,56)57)45-59-43(28-13-3-1-4-14-28)58-44(60-45)29-15-5-2-6-16-29/h1-27H. The molecule has 0 spiro atoms. The molecule has 0 aliphatic heterocycles. The summed E-state index contributed by atoms with van der Waals surface area (Å²) < 4.78 is 135. The van der Waals surface area contributed by atoms with Crippen LogP contribution in [0.25, 0.3) is 83.9 Å². The molecule has 9 aromatic rings. The molecule has 7 aromatic carbocycles. The van der Waals surface area contributed by atoms with Crippen LogP contribution >= 0.6 is 0 Å². The van der Waals surface area contributed by atoms with Gasteiger partial charge in [0.05, 0.1) is 33.4 Å². The first-order valence-corrected chi connectivity index (χ1v) is 18.7. The zero-order valence-corrected chi connectivity index (χ0v) is 31.3. The average molecular weight is 831 g/mol.